The maximum atomic E-state index is 11.0. The van der Waals surface area contributed by atoms with Crippen molar-refractivity contribution in [3.8, 4) is 10.4 Å². The molecule has 3 heteroatoms. The van der Waals surface area contributed by atoms with Gasteiger partial charge in [-0.25, -0.2) is 0 Å². The van der Waals surface area contributed by atoms with E-state index in [1.54, 1.807) is 11.3 Å². The number of aldehydes is 1. The second kappa shape index (κ2) is 6.31. The van der Waals surface area contributed by atoms with Crippen molar-refractivity contribution in [1.29, 1.82) is 0 Å². The topological polar surface area (TPSA) is 17.1 Å². The van der Waals surface area contributed by atoms with Crippen molar-refractivity contribution in [3.63, 3.8) is 0 Å². The van der Waals surface area contributed by atoms with Gasteiger partial charge in [0.15, 0.2) is 0 Å². The third kappa shape index (κ3) is 3.64. The first-order chi connectivity index (χ1) is 9.10. The molecular formula is C16H15BrOS. The highest BCUT2D eigenvalue weighted by Gasteiger charge is 2.05. The molecule has 1 heterocycles. The molecule has 0 spiro atoms. The fourth-order valence-electron chi connectivity index (χ4n) is 1.70. The maximum absolute atomic E-state index is 11.0. The van der Waals surface area contributed by atoms with E-state index in [-0.39, 0.29) is 5.92 Å². The zero-order valence-electron chi connectivity index (χ0n) is 10.9. The summed E-state index contributed by atoms with van der Waals surface area (Å²) in [6.45, 7) is 4.06. The van der Waals surface area contributed by atoms with Crippen LogP contribution in [-0.4, -0.2) is 6.29 Å². The number of hydrogen-bond acceptors (Lipinski definition) is 2. The summed E-state index contributed by atoms with van der Waals surface area (Å²) >= 11 is 5.14. The summed E-state index contributed by atoms with van der Waals surface area (Å²) in [6.07, 6.45) is 2.92. The number of hydrogen-bond donors (Lipinski definition) is 0. The van der Waals surface area contributed by atoms with Gasteiger partial charge < -0.3 is 0 Å². The van der Waals surface area contributed by atoms with Crippen molar-refractivity contribution < 1.29 is 4.79 Å². The highest BCUT2D eigenvalue weighted by atomic mass is 79.9. The van der Waals surface area contributed by atoms with Gasteiger partial charge >= 0.3 is 0 Å². The minimum atomic E-state index is 0.260. The summed E-state index contributed by atoms with van der Waals surface area (Å²) in [5.74, 6) is 0.260. The Bertz CT molecular complexity index is 593. The lowest BCUT2D eigenvalue weighted by atomic mass is 10.0. The molecule has 0 fully saturated rings. The van der Waals surface area contributed by atoms with Crippen LogP contribution in [0, 0.1) is 5.92 Å². The van der Waals surface area contributed by atoms with Gasteiger partial charge in [0.05, 0.1) is 0 Å². The van der Waals surface area contributed by atoms with Crippen LogP contribution in [0.25, 0.3) is 16.5 Å². The minimum absolute atomic E-state index is 0.260. The van der Waals surface area contributed by atoms with Gasteiger partial charge in [-0.1, -0.05) is 41.9 Å². The Kier molecular flexibility index (Phi) is 4.72. The Morgan fingerprint density at radius 3 is 2.42 bits per heavy atom. The Balaban J connectivity index is 2.29. The number of thiophene rings is 1. The first-order valence-corrected chi connectivity index (χ1v) is 7.73. The van der Waals surface area contributed by atoms with Gasteiger partial charge in [0.2, 0.25) is 0 Å². The number of halogens is 1. The molecule has 0 aliphatic rings. The highest BCUT2D eigenvalue weighted by Crippen LogP contribution is 2.30. The van der Waals surface area contributed by atoms with Gasteiger partial charge in [-0.15, -0.1) is 11.3 Å². The van der Waals surface area contributed by atoms with Gasteiger partial charge in [0.1, 0.15) is 6.29 Å². The molecule has 1 aromatic carbocycles. The number of carbonyl (C=O) groups excluding carboxylic acids is 1. The van der Waals surface area contributed by atoms with Crippen molar-refractivity contribution in [1.82, 2.24) is 0 Å². The molecule has 0 unspecified atom stereocenters. The van der Waals surface area contributed by atoms with Crippen molar-refractivity contribution in [2.45, 2.75) is 13.8 Å². The van der Waals surface area contributed by atoms with E-state index in [9.17, 15) is 4.79 Å². The molecule has 0 aliphatic heterocycles. The largest absolute Gasteiger partial charge is 0.298 e. The van der Waals surface area contributed by atoms with Crippen LogP contribution >= 0.6 is 27.3 Å². The smallest absolute Gasteiger partial charge is 0.146 e. The van der Waals surface area contributed by atoms with E-state index in [0.29, 0.717) is 0 Å². The van der Waals surface area contributed by atoms with Crippen molar-refractivity contribution in [2.24, 2.45) is 5.92 Å². The van der Waals surface area contributed by atoms with E-state index in [1.807, 2.05) is 32.1 Å². The summed E-state index contributed by atoms with van der Waals surface area (Å²) in [5.41, 5.74) is 2.04. The van der Waals surface area contributed by atoms with E-state index >= 15 is 0 Å². The first-order valence-electron chi connectivity index (χ1n) is 6.12. The summed E-state index contributed by atoms with van der Waals surface area (Å²) in [4.78, 5) is 13.3. The van der Waals surface area contributed by atoms with Gasteiger partial charge in [-0.2, -0.15) is 0 Å². The van der Waals surface area contributed by atoms with Crippen LogP contribution in [-0.2, 0) is 4.79 Å². The lowest BCUT2D eigenvalue weighted by Gasteiger charge is -2.01. The standard InChI is InChI=1S/C16H15BrOS/c1-11(2)13(10-18)9-15-7-8-16(19-15)12-3-5-14(17)6-4-12/h3-11H,1-2H3. The van der Waals surface area contributed by atoms with Crippen LogP contribution in [0.15, 0.2) is 46.4 Å². The highest BCUT2D eigenvalue weighted by molar-refractivity contribution is 9.10. The molecule has 0 bridgehead atoms. The number of allylic oxidation sites excluding steroid dienone is 1. The number of benzene rings is 1. The van der Waals surface area contributed by atoms with Gasteiger partial charge in [0, 0.05) is 14.2 Å². The predicted molar refractivity (Wildman–Crippen MR) is 86.3 cm³/mol. The third-order valence-corrected chi connectivity index (χ3v) is 4.48. The molecule has 0 radical (unpaired) electrons. The van der Waals surface area contributed by atoms with Crippen LogP contribution < -0.4 is 0 Å². The molecule has 2 rings (SSSR count). The fourth-order valence-corrected chi connectivity index (χ4v) is 2.94. The molecular weight excluding hydrogens is 320 g/mol. The van der Waals surface area contributed by atoms with E-state index < -0.39 is 0 Å². The Morgan fingerprint density at radius 1 is 1.16 bits per heavy atom. The van der Waals surface area contributed by atoms with E-state index in [4.69, 9.17) is 0 Å². The Morgan fingerprint density at radius 2 is 1.84 bits per heavy atom. The molecule has 0 saturated heterocycles. The van der Waals surface area contributed by atoms with Gasteiger partial charge in [-0.3, -0.25) is 4.79 Å². The third-order valence-electron chi connectivity index (χ3n) is 2.87. The molecule has 19 heavy (non-hydrogen) atoms. The summed E-state index contributed by atoms with van der Waals surface area (Å²) in [7, 11) is 0. The molecule has 0 N–H and O–H groups in total. The van der Waals surface area contributed by atoms with Crippen molar-refractivity contribution in [2.75, 3.05) is 0 Å². The molecule has 0 aliphatic carbocycles. The fraction of sp³-hybridized carbons (Fsp3) is 0.188. The summed E-state index contributed by atoms with van der Waals surface area (Å²) in [5, 5.41) is 0. The summed E-state index contributed by atoms with van der Waals surface area (Å²) < 4.78 is 1.08. The maximum Gasteiger partial charge on any atom is 0.146 e. The van der Waals surface area contributed by atoms with Crippen molar-refractivity contribution in [3.05, 3.63) is 51.3 Å². The molecule has 0 amide bonds. The molecule has 98 valence electrons. The Hall–Kier alpha value is -1.19. The predicted octanol–water partition coefficient (Wildman–Crippen LogP) is 5.42. The SMILES string of the molecule is CC(C)C(C=O)=Cc1ccc(-c2ccc(Br)cc2)s1. The lowest BCUT2D eigenvalue weighted by Crippen LogP contribution is -1.93. The lowest BCUT2D eigenvalue weighted by molar-refractivity contribution is -0.105. The zero-order chi connectivity index (χ0) is 13.8. The average molecular weight is 335 g/mol. The molecule has 1 nitrogen and oxygen atoms in total. The monoisotopic (exact) mass is 334 g/mol. The van der Waals surface area contributed by atoms with E-state index in [1.165, 1.54) is 10.4 Å². The molecule has 0 saturated carbocycles. The quantitative estimate of drug-likeness (QED) is 0.539. The second-order valence-electron chi connectivity index (χ2n) is 4.63. The van der Waals surface area contributed by atoms with Crippen LogP contribution in [0.4, 0.5) is 0 Å². The van der Waals surface area contributed by atoms with Crippen LogP contribution in [0.2, 0.25) is 0 Å². The molecule has 1 aromatic heterocycles. The molecule has 2 aromatic rings. The Labute approximate surface area is 126 Å². The normalized spacial score (nSPS) is 11.9. The number of carbonyl (C=O) groups is 1. The van der Waals surface area contributed by atoms with E-state index in [2.05, 4.69) is 40.2 Å². The minimum Gasteiger partial charge on any atom is -0.298 e. The van der Waals surface area contributed by atoms with Crippen LogP contribution in [0.1, 0.15) is 18.7 Å². The van der Waals surface area contributed by atoms with Gasteiger partial charge in [-0.05, 0) is 47.4 Å². The number of rotatable bonds is 4. The van der Waals surface area contributed by atoms with Crippen LogP contribution in [0.5, 0.6) is 0 Å². The van der Waals surface area contributed by atoms with Crippen LogP contribution in [0.3, 0.4) is 0 Å². The molecule has 0 atom stereocenters. The second-order valence-corrected chi connectivity index (χ2v) is 6.66. The average Bonchev–Trinajstić information content (AvgIpc) is 2.85. The van der Waals surface area contributed by atoms with Crippen molar-refractivity contribution >= 4 is 39.6 Å². The zero-order valence-corrected chi connectivity index (χ0v) is 13.3. The first kappa shape index (κ1) is 14.2. The van der Waals surface area contributed by atoms with Gasteiger partial charge in [0.25, 0.3) is 0 Å². The summed E-state index contributed by atoms with van der Waals surface area (Å²) in [6, 6.07) is 12.4. The van der Waals surface area contributed by atoms with E-state index in [0.717, 1.165) is 21.2 Å².